The number of benzene rings is 1. The Hall–Kier alpha value is -1.77. The van der Waals surface area contributed by atoms with Crippen molar-refractivity contribution in [3.63, 3.8) is 0 Å². The maximum Gasteiger partial charge on any atom is 0.175 e. The Labute approximate surface area is 119 Å². The molecule has 3 atom stereocenters. The first-order valence-electron chi connectivity index (χ1n) is 7.55. The van der Waals surface area contributed by atoms with E-state index in [9.17, 15) is 0 Å². The molecule has 2 N–H and O–H groups in total. The summed E-state index contributed by atoms with van der Waals surface area (Å²) in [5, 5.41) is 4.07. The van der Waals surface area contributed by atoms with E-state index in [-0.39, 0.29) is 0 Å². The lowest BCUT2D eigenvalue weighted by Crippen LogP contribution is -2.09. The van der Waals surface area contributed by atoms with Gasteiger partial charge in [0.2, 0.25) is 0 Å². The zero-order valence-corrected chi connectivity index (χ0v) is 11.8. The van der Waals surface area contributed by atoms with Gasteiger partial charge in [-0.15, -0.1) is 0 Å². The number of hydrogen-bond acceptors (Lipinski definition) is 3. The third kappa shape index (κ3) is 1.69. The molecule has 3 heteroatoms. The molecule has 3 unspecified atom stereocenters. The van der Waals surface area contributed by atoms with E-state index in [1.54, 1.807) is 0 Å². The summed E-state index contributed by atoms with van der Waals surface area (Å²) in [6.07, 6.45) is 5.34. The van der Waals surface area contributed by atoms with Gasteiger partial charge >= 0.3 is 0 Å². The highest BCUT2D eigenvalue weighted by Crippen LogP contribution is 2.55. The van der Waals surface area contributed by atoms with Crippen LogP contribution in [-0.4, -0.2) is 5.16 Å². The van der Waals surface area contributed by atoms with Crippen LogP contribution in [0, 0.1) is 18.8 Å². The maximum absolute atomic E-state index is 6.10. The number of nitrogens with zero attached hydrogens (tertiary/aromatic N) is 1. The molecule has 3 nitrogen and oxygen atoms in total. The number of nitrogen functional groups attached to an aromatic ring is 1. The van der Waals surface area contributed by atoms with E-state index < -0.39 is 0 Å². The van der Waals surface area contributed by atoms with Crippen molar-refractivity contribution in [2.24, 2.45) is 11.8 Å². The van der Waals surface area contributed by atoms with Crippen LogP contribution in [0.3, 0.4) is 0 Å². The summed E-state index contributed by atoms with van der Waals surface area (Å²) < 4.78 is 5.67. The van der Waals surface area contributed by atoms with Crippen LogP contribution in [-0.2, 0) is 0 Å². The van der Waals surface area contributed by atoms with Crippen LogP contribution in [0.4, 0.5) is 5.82 Å². The molecule has 2 aliphatic rings. The molecule has 1 heterocycles. The maximum atomic E-state index is 6.10. The quantitative estimate of drug-likeness (QED) is 0.890. The van der Waals surface area contributed by atoms with Gasteiger partial charge in [0, 0.05) is 5.92 Å². The number of hydrogen-bond donors (Lipinski definition) is 1. The molecular formula is C17H20N2O. The largest absolute Gasteiger partial charge is 0.380 e. The van der Waals surface area contributed by atoms with E-state index >= 15 is 0 Å². The number of nitrogens with two attached hydrogens (primary N) is 1. The van der Waals surface area contributed by atoms with Gasteiger partial charge in [0.05, 0.1) is 5.56 Å². The van der Waals surface area contributed by atoms with E-state index in [0.29, 0.717) is 11.7 Å². The summed E-state index contributed by atoms with van der Waals surface area (Å²) in [6, 6.07) is 8.35. The minimum Gasteiger partial charge on any atom is -0.380 e. The van der Waals surface area contributed by atoms with E-state index in [4.69, 9.17) is 10.3 Å². The lowest BCUT2D eigenvalue weighted by atomic mass is 9.84. The number of rotatable bonds is 2. The Morgan fingerprint density at radius 1 is 1.20 bits per heavy atom. The van der Waals surface area contributed by atoms with Crippen molar-refractivity contribution in [1.29, 1.82) is 0 Å². The molecule has 2 fully saturated rings. The molecule has 2 aliphatic carbocycles. The van der Waals surface area contributed by atoms with Crippen LogP contribution in [0.1, 0.15) is 42.9 Å². The van der Waals surface area contributed by atoms with Crippen molar-refractivity contribution in [3.8, 4) is 11.1 Å². The van der Waals surface area contributed by atoms with E-state index in [2.05, 4.69) is 36.3 Å². The summed E-state index contributed by atoms with van der Waals surface area (Å²) in [6.45, 7) is 2.12. The fourth-order valence-corrected chi connectivity index (χ4v) is 4.26. The zero-order valence-electron chi connectivity index (χ0n) is 11.8. The summed E-state index contributed by atoms with van der Waals surface area (Å²) in [7, 11) is 0. The molecule has 2 bridgehead atoms. The molecule has 0 spiro atoms. The standard InChI is InChI=1S/C17H20N2O/c1-10-4-2-3-5-13(10)15-16(20-19-17(15)18)14-9-11-6-7-12(14)8-11/h2-5,11-12,14H,6-9H2,1H3,(H2,18,19). The average Bonchev–Trinajstić information content (AvgIpc) is 3.14. The van der Waals surface area contributed by atoms with E-state index in [1.807, 2.05) is 0 Å². The van der Waals surface area contributed by atoms with E-state index in [1.165, 1.54) is 36.8 Å². The van der Waals surface area contributed by atoms with Crippen LogP contribution >= 0.6 is 0 Å². The van der Waals surface area contributed by atoms with Gasteiger partial charge in [0.1, 0.15) is 5.76 Å². The highest BCUT2D eigenvalue weighted by atomic mass is 16.5. The second kappa shape index (κ2) is 4.37. The van der Waals surface area contributed by atoms with Gasteiger partial charge < -0.3 is 10.3 Å². The summed E-state index contributed by atoms with van der Waals surface area (Å²) >= 11 is 0. The number of anilines is 1. The van der Waals surface area contributed by atoms with Crippen LogP contribution in [0.15, 0.2) is 28.8 Å². The fourth-order valence-electron chi connectivity index (χ4n) is 4.26. The van der Waals surface area contributed by atoms with Crippen LogP contribution < -0.4 is 5.73 Å². The number of fused-ring (bicyclic) bond motifs is 2. The molecule has 20 heavy (non-hydrogen) atoms. The minimum atomic E-state index is 0.521. The predicted octanol–water partition coefficient (Wildman–Crippen LogP) is 4.14. The Morgan fingerprint density at radius 3 is 2.75 bits per heavy atom. The van der Waals surface area contributed by atoms with Crippen molar-refractivity contribution in [3.05, 3.63) is 35.6 Å². The molecule has 0 radical (unpaired) electrons. The molecule has 2 saturated carbocycles. The normalized spacial score (nSPS) is 28.1. The van der Waals surface area contributed by atoms with Crippen molar-refractivity contribution >= 4 is 5.82 Å². The summed E-state index contributed by atoms with van der Waals surface area (Å²) in [5.74, 6) is 3.75. The molecule has 1 aromatic carbocycles. The van der Waals surface area contributed by atoms with Crippen LogP contribution in [0.25, 0.3) is 11.1 Å². The number of aromatic nitrogens is 1. The lowest BCUT2D eigenvalue weighted by molar-refractivity contribution is 0.312. The molecule has 0 aliphatic heterocycles. The Morgan fingerprint density at radius 2 is 2.05 bits per heavy atom. The molecule has 4 rings (SSSR count). The zero-order chi connectivity index (χ0) is 13.7. The van der Waals surface area contributed by atoms with Crippen molar-refractivity contribution in [2.75, 3.05) is 5.73 Å². The van der Waals surface area contributed by atoms with Gasteiger partial charge in [0.25, 0.3) is 0 Å². The Balaban J connectivity index is 1.81. The third-order valence-corrected chi connectivity index (χ3v) is 5.23. The fraction of sp³-hybridized carbons (Fsp3) is 0.471. The minimum absolute atomic E-state index is 0.521. The molecule has 0 amide bonds. The van der Waals surface area contributed by atoms with Crippen LogP contribution in [0.5, 0.6) is 0 Å². The Kier molecular flexibility index (Phi) is 2.62. The van der Waals surface area contributed by atoms with Gasteiger partial charge in [-0.05, 0) is 49.1 Å². The van der Waals surface area contributed by atoms with Crippen molar-refractivity contribution in [2.45, 2.75) is 38.5 Å². The summed E-state index contributed by atoms with van der Waals surface area (Å²) in [4.78, 5) is 0. The number of aryl methyl sites for hydroxylation is 1. The van der Waals surface area contributed by atoms with Gasteiger partial charge in [0.15, 0.2) is 5.82 Å². The monoisotopic (exact) mass is 268 g/mol. The second-order valence-corrected chi connectivity index (χ2v) is 6.40. The first-order valence-corrected chi connectivity index (χ1v) is 7.55. The first kappa shape index (κ1) is 12.0. The lowest BCUT2D eigenvalue weighted by Gasteiger charge is -2.20. The van der Waals surface area contributed by atoms with E-state index in [0.717, 1.165) is 23.2 Å². The van der Waals surface area contributed by atoms with Crippen LogP contribution in [0.2, 0.25) is 0 Å². The Bertz CT molecular complexity index is 646. The third-order valence-electron chi connectivity index (χ3n) is 5.23. The second-order valence-electron chi connectivity index (χ2n) is 6.40. The average molecular weight is 268 g/mol. The molecule has 104 valence electrons. The highest BCUT2D eigenvalue weighted by Gasteiger charge is 2.43. The topological polar surface area (TPSA) is 52.0 Å². The summed E-state index contributed by atoms with van der Waals surface area (Å²) in [5.41, 5.74) is 9.54. The smallest absolute Gasteiger partial charge is 0.175 e. The van der Waals surface area contributed by atoms with Gasteiger partial charge in [-0.3, -0.25) is 0 Å². The first-order chi connectivity index (χ1) is 9.74. The molecule has 2 aromatic rings. The molecule has 0 saturated heterocycles. The van der Waals surface area contributed by atoms with Crippen molar-refractivity contribution in [1.82, 2.24) is 5.16 Å². The molecular weight excluding hydrogens is 248 g/mol. The SMILES string of the molecule is Cc1ccccc1-c1c(N)noc1C1CC2CCC1C2. The molecule has 1 aromatic heterocycles. The highest BCUT2D eigenvalue weighted by molar-refractivity contribution is 5.78. The predicted molar refractivity (Wildman–Crippen MR) is 79.3 cm³/mol. The van der Waals surface area contributed by atoms with Gasteiger partial charge in [-0.25, -0.2) is 0 Å². The van der Waals surface area contributed by atoms with Crippen molar-refractivity contribution < 1.29 is 4.52 Å². The van der Waals surface area contributed by atoms with Gasteiger partial charge in [-0.2, -0.15) is 0 Å². The van der Waals surface area contributed by atoms with Gasteiger partial charge in [-0.1, -0.05) is 35.8 Å².